The molecule has 1 aromatic heterocycles. The molecule has 1 N–H and O–H groups in total. The second-order valence-corrected chi connectivity index (χ2v) is 4.86. The van der Waals surface area contributed by atoms with Crippen molar-refractivity contribution in [1.82, 2.24) is 10.5 Å². The number of amides is 1. The first-order chi connectivity index (χ1) is 10.8. The second kappa shape index (κ2) is 6.41. The molecule has 0 aliphatic carbocycles. The van der Waals surface area contributed by atoms with E-state index >= 15 is 0 Å². The number of methoxy groups -OCH3 is 1. The topological polar surface area (TPSA) is 64.4 Å². The number of aryl methyl sites for hydroxylation is 1. The average molecular weight is 328 g/mol. The number of carbonyl (C=O) groups excluding carboxylic acids is 1. The van der Waals surface area contributed by atoms with Crippen molar-refractivity contribution < 1.29 is 27.2 Å². The van der Waals surface area contributed by atoms with E-state index < -0.39 is 17.7 Å². The third-order valence-corrected chi connectivity index (χ3v) is 3.31. The van der Waals surface area contributed by atoms with Crippen LogP contribution in [0.2, 0.25) is 0 Å². The molecular formula is C15H15F3N2O3. The number of nitrogens with one attached hydrogen (secondary N) is 1. The number of rotatable bonds is 5. The SMILES string of the molecule is COC(C(=O)NCc1cc(C)on1)(c1ccccc1)C(F)(F)F. The summed E-state index contributed by atoms with van der Waals surface area (Å²) in [5.41, 5.74) is -3.08. The highest BCUT2D eigenvalue weighted by Gasteiger charge is 2.62. The summed E-state index contributed by atoms with van der Waals surface area (Å²) in [4.78, 5) is 12.3. The second-order valence-electron chi connectivity index (χ2n) is 4.86. The van der Waals surface area contributed by atoms with Crippen LogP contribution in [-0.2, 0) is 21.7 Å². The number of benzene rings is 1. The maximum Gasteiger partial charge on any atom is 0.430 e. The molecule has 23 heavy (non-hydrogen) atoms. The lowest BCUT2D eigenvalue weighted by Gasteiger charge is -2.33. The van der Waals surface area contributed by atoms with Crippen LogP contribution in [0.1, 0.15) is 17.0 Å². The zero-order valence-corrected chi connectivity index (χ0v) is 12.5. The molecule has 0 saturated carbocycles. The van der Waals surface area contributed by atoms with Crippen molar-refractivity contribution in [2.75, 3.05) is 7.11 Å². The first-order valence-electron chi connectivity index (χ1n) is 6.69. The van der Waals surface area contributed by atoms with Gasteiger partial charge in [-0.2, -0.15) is 13.2 Å². The highest BCUT2D eigenvalue weighted by Crippen LogP contribution is 2.42. The van der Waals surface area contributed by atoms with Crippen LogP contribution in [0.25, 0.3) is 0 Å². The van der Waals surface area contributed by atoms with E-state index in [0.717, 1.165) is 7.11 Å². The van der Waals surface area contributed by atoms with E-state index in [1.807, 2.05) is 0 Å². The van der Waals surface area contributed by atoms with E-state index in [4.69, 9.17) is 4.52 Å². The number of nitrogens with zero attached hydrogens (tertiary/aromatic N) is 1. The molecule has 1 atom stereocenters. The van der Waals surface area contributed by atoms with E-state index in [9.17, 15) is 18.0 Å². The fraction of sp³-hybridized carbons (Fsp3) is 0.333. The van der Waals surface area contributed by atoms with Crippen molar-refractivity contribution in [3.63, 3.8) is 0 Å². The first kappa shape index (κ1) is 17.0. The molecule has 0 aliphatic rings. The summed E-state index contributed by atoms with van der Waals surface area (Å²) in [6, 6.07) is 8.26. The van der Waals surface area contributed by atoms with Crippen molar-refractivity contribution in [2.45, 2.75) is 25.2 Å². The Kier molecular flexibility index (Phi) is 4.74. The van der Waals surface area contributed by atoms with Crippen molar-refractivity contribution in [2.24, 2.45) is 0 Å². The molecule has 1 amide bonds. The van der Waals surface area contributed by atoms with Gasteiger partial charge in [0.2, 0.25) is 0 Å². The Labute approximate surface area is 130 Å². The predicted octanol–water partition coefficient (Wildman–Crippen LogP) is 2.70. The minimum atomic E-state index is -4.94. The Morgan fingerprint density at radius 3 is 2.43 bits per heavy atom. The predicted molar refractivity (Wildman–Crippen MR) is 74.3 cm³/mol. The van der Waals surface area contributed by atoms with Gasteiger partial charge in [0.25, 0.3) is 11.5 Å². The van der Waals surface area contributed by atoms with Gasteiger partial charge in [0.1, 0.15) is 11.5 Å². The van der Waals surface area contributed by atoms with Gasteiger partial charge in [-0.25, -0.2) is 0 Å². The quantitative estimate of drug-likeness (QED) is 0.916. The van der Waals surface area contributed by atoms with Gasteiger partial charge in [0.15, 0.2) is 0 Å². The van der Waals surface area contributed by atoms with Crippen LogP contribution >= 0.6 is 0 Å². The Hall–Kier alpha value is -2.35. The third-order valence-electron chi connectivity index (χ3n) is 3.31. The van der Waals surface area contributed by atoms with E-state index in [0.29, 0.717) is 11.5 Å². The lowest BCUT2D eigenvalue weighted by Crippen LogP contribution is -2.55. The van der Waals surface area contributed by atoms with Gasteiger partial charge in [-0.1, -0.05) is 35.5 Å². The fourth-order valence-corrected chi connectivity index (χ4v) is 2.22. The molecule has 1 heterocycles. The Balaban J connectivity index is 2.32. The molecule has 2 rings (SSSR count). The molecule has 0 radical (unpaired) electrons. The van der Waals surface area contributed by atoms with E-state index in [1.165, 1.54) is 30.3 Å². The zero-order valence-electron chi connectivity index (χ0n) is 12.5. The molecule has 8 heteroatoms. The van der Waals surface area contributed by atoms with Crippen LogP contribution < -0.4 is 5.32 Å². The van der Waals surface area contributed by atoms with Crippen molar-refractivity contribution >= 4 is 5.91 Å². The van der Waals surface area contributed by atoms with E-state index in [-0.39, 0.29) is 12.1 Å². The molecule has 0 aliphatic heterocycles. The van der Waals surface area contributed by atoms with Crippen molar-refractivity contribution in [1.29, 1.82) is 0 Å². The van der Waals surface area contributed by atoms with Gasteiger partial charge in [0, 0.05) is 18.7 Å². The van der Waals surface area contributed by atoms with E-state index in [1.54, 1.807) is 13.0 Å². The summed E-state index contributed by atoms with van der Waals surface area (Å²) in [5.74, 6) is -0.828. The van der Waals surface area contributed by atoms with Crippen molar-refractivity contribution in [3.05, 3.63) is 53.4 Å². The molecule has 0 spiro atoms. The minimum absolute atomic E-state index is 0.204. The Morgan fingerprint density at radius 2 is 1.96 bits per heavy atom. The Bertz CT molecular complexity index is 670. The van der Waals surface area contributed by atoms with Gasteiger partial charge < -0.3 is 14.6 Å². The molecule has 0 bridgehead atoms. The van der Waals surface area contributed by atoms with Gasteiger partial charge in [0.05, 0.1) is 6.54 Å². The summed E-state index contributed by atoms with van der Waals surface area (Å²) in [6.45, 7) is 1.43. The number of hydrogen-bond acceptors (Lipinski definition) is 4. The lowest BCUT2D eigenvalue weighted by molar-refractivity contribution is -0.265. The molecule has 1 aromatic carbocycles. The van der Waals surface area contributed by atoms with Crippen LogP contribution in [0, 0.1) is 6.92 Å². The number of carbonyl (C=O) groups is 1. The fourth-order valence-electron chi connectivity index (χ4n) is 2.22. The summed E-state index contributed by atoms with van der Waals surface area (Å²) in [6.07, 6.45) is -4.94. The average Bonchev–Trinajstić information content (AvgIpc) is 2.92. The van der Waals surface area contributed by atoms with Crippen LogP contribution in [0.4, 0.5) is 13.2 Å². The molecule has 0 fully saturated rings. The molecule has 124 valence electrons. The zero-order chi connectivity index (χ0) is 17.1. The molecule has 2 aromatic rings. The van der Waals surface area contributed by atoms with Gasteiger partial charge >= 0.3 is 6.18 Å². The molecule has 1 unspecified atom stereocenters. The maximum absolute atomic E-state index is 13.6. The summed E-state index contributed by atoms with van der Waals surface area (Å²) < 4.78 is 50.3. The van der Waals surface area contributed by atoms with E-state index in [2.05, 4.69) is 15.2 Å². The highest BCUT2D eigenvalue weighted by atomic mass is 19.4. The van der Waals surface area contributed by atoms with Gasteiger partial charge in [-0.05, 0) is 6.92 Å². The summed E-state index contributed by atoms with van der Waals surface area (Å²) in [5, 5.41) is 5.82. The lowest BCUT2D eigenvalue weighted by atomic mass is 9.91. The molecule has 5 nitrogen and oxygen atoms in total. The monoisotopic (exact) mass is 328 g/mol. The number of alkyl halides is 3. The third kappa shape index (κ3) is 3.21. The number of aromatic nitrogens is 1. The van der Waals surface area contributed by atoms with Crippen LogP contribution in [-0.4, -0.2) is 24.3 Å². The first-order valence-corrected chi connectivity index (χ1v) is 6.69. The number of ether oxygens (including phenoxy) is 1. The van der Waals surface area contributed by atoms with Crippen molar-refractivity contribution in [3.8, 4) is 0 Å². The molecular weight excluding hydrogens is 313 g/mol. The summed E-state index contributed by atoms with van der Waals surface area (Å²) >= 11 is 0. The molecule has 0 saturated heterocycles. The Morgan fingerprint density at radius 1 is 1.30 bits per heavy atom. The van der Waals surface area contributed by atoms with Gasteiger partial charge in [-0.15, -0.1) is 0 Å². The maximum atomic E-state index is 13.6. The minimum Gasteiger partial charge on any atom is -0.361 e. The largest absolute Gasteiger partial charge is 0.430 e. The summed E-state index contributed by atoms with van der Waals surface area (Å²) in [7, 11) is 0.848. The smallest absolute Gasteiger partial charge is 0.361 e. The van der Waals surface area contributed by atoms with Crippen LogP contribution in [0.5, 0.6) is 0 Å². The van der Waals surface area contributed by atoms with Crippen LogP contribution in [0.15, 0.2) is 40.9 Å². The van der Waals surface area contributed by atoms with Gasteiger partial charge in [-0.3, -0.25) is 4.79 Å². The number of hydrogen-bond donors (Lipinski definition) is 1. The van der Waals surface area contributed by atoms with Crippen LogP contribution in [0.3, 0.4) is 0 Å². The normalized spacial score (nSPS) is 14.3. The standard InChI is InChI=1S/C15H15F3N2O3/c1-10-8-12(20-23-10)9-19-13(21)14(22-2,15(16,17)18)11-6-4-3-5-7-11/h3-8H,9H2,1-2H3,(H,19,21). The number of halogens is 3. The highest BCUT2D eigenvalue weighted by molar-refractivity contribution is 5.87.